The van der Waals surface area contributed by atoms with Gasteiger partial charge in [-0.15, -0.1) is 0 Å². The number of carbonyl (C=O) groups excluding carboxylic acids is 2. The summed E-state index contributed by atoms with van der Waals surface area (Å²) in [5.74, 6) is -0.474. The van der Waals surface area contributed by atoms with Crippen LogP contribution in [0, 0.1) is 0 Å². The van der Waals surface area contributed by atoms with Gasteiger partial charge in [-0.3, -0.25) is 9.59 Å². The van der Waals surface area contributed by atoms with Crippen molar-refractivity contribution in [1.29, 1.82) is 0 Å². The van der Waals surface area contributed by atoms with E-state index in [1.807, 2.05) is 0 Å². The number of hydrogen-bond donors (Lipinski definition) is 3. The number of nitrogens with one attached hydrogen (secondary N) is 1. The van der Waals surface area contributed by atoms with Crippen LogP contribution in [0.25, 0.3) is 0 Å². The fourth-order valence-corrected chi connectivity index (χ4v) is 8.50. The third kappa shape index (κ3) is 46.4. The summed E-state index contributed by atoms with van der Waals surface area (Å²) in [5.41, 5.74) is 0. The third-order valence-corrected chi connectivity index (χ3v) is 12.7. The molecule has 6 nitrogen and oxygen atoms in total. The molecule has 0 radical (unpaired) electrons. The van der Waals surface area contributed by atoms with Gasteiger partial charge in [-0.2, -0.15) is 0 Å². The Kier molecular flexibility index (Phi) is 49.5. The molecule has 3 N–H and O–H groups in total. The zero-order valence-electron chi connectivity index (χ0n) is 42.2. The van der Waals surface area contributed by atoms with E-state index in [4.69, 9.17) is 4.74 Å². The molecule has 0 fully saturated rings. The maximum absolute atomic E-state index is 13.2. The fraction of sp³-hybridized carbons (Fsp3) is 0.860. The van der Waals surface area contributed by atoms with E-state index in [-0.39, 0.29) is 24.9 Å². The minimum Gasteiger partial charge on any atom is -0.462 e. The molecule has 370 valence electrons. The van der Waals surface area contributed by atoms with E-state index in [1.165, 1.54) is 180 Å². The van der Waals surface area contributed by atoms with Gasteiger partial charge in [0, 0.05) is 6.42 Å². The van der Waals surface area contributed by atoms with Gasteiger partial charge in [-0.1, -0.05) is 250 Å². The molecule has 0 heterocycles. The highest BCUT2D eigenvalue weighted by atomic mass is 16.5. The minimum atomic E-state index is -0.787. The summed E-state index contributed by atoms with van der Waals surface area (Å²) in [5, 5.41) is 23.8. The molecule has 0 saturated heterocycles. The normalized spacial score (nSPS) is 13.4. The van der Waals surface area contributed by atoms with E-state index < -0.39 is 18.2 Å². The van der Waals surface area contributed by atoms with Crippen LogP contribution in [0.3, 0.4) is 0 Å². The second-order valence-corrected chi connectivity index (χ2v) is 19.0. The Balaban J connectivity index is 4.53. The van der Waals surface area contributed by atoms with Crippen LogP contribution < -0.4 is 5.32 Å². The Hall–Kier alpha value is -1.92. The molecule has 6 heteroatoms. The topological polar surface area (TPSA) is 95.9 Å². The third-order valence-electron chi connectivity index (χ3n) is 12.7. The van der Waals surface area contributed by atoms with E-state index in [2.05, 4.69) is 62.5 Å². The van der Waals surface area contributed by atoms with Crippen molar-refractivity contribution in [2.45, 2.75) is 309 Å². The van der Waals surface area contributed by atoms with Gasteiger partial charge >= 0.3 is 5.97 Å². The van der Waals surface area contributed by atoms with Gasteiger partial charge in [-0.05, 0) is 64.2 Å². The molecule has 0 aromatic carbocycles. The van der Waals surface area contributed by atoms with Gasteiger partial charge in [0.2, 0.25) is 5.91 Å². The van der Waals surface area contributed by atoms with Crippen molar-refractivity contribution >= 4 is 11.9 Å². The van der Waals surface area contributed by atoms with Gasteiger partial charge in [0.05, 0.1) is 25.2 Å². The lowest BCUT2D eigenvalue weighted by atomic mass is 10.0. The first-order chi connectivity index (χ1) is 31.0. The minimum absolute atomic E-state index is 0.0765. The molecule has 0 aromatic heterocycles. The lowest BCUT2D eigenvalue weighted by molar-refractivity contribution is -0.151. The molecule has 3 unspecified atom stereocenters. The van der Waals surface area contributed by atoms with Crippen LogP contribution >= 0.6 is 0 Å². The van der Waals surface area contributed by atoms with Crippen LogP contribution in [0.5, 0.6) is 0 Å². The lowest BCUT2D eigenvalue weighted by Gasteiger charge is -2.24. The van der Waals surface area contributed by atoms with E-state index in [0.717, 1.165) is 64.2 Å². The van der Waals surface area contributed by atoms with Crippen LogP contribution in [0.4, 0.5) is 0 Å². The van der Waals surface area contributed by atoms with E-state index in [1.54, 1.807) is 0 Å². The smallest absolute Gasteiger partial charge is 0.306 e. The summed E-state index contributed by atoms with van der Waals surface area (Å²) >= 11 is 0. The summed E-state index contributed by atoms with van der Waals surface area (Å²) in [6.45, 7) is 6.47. The Bertz CT molecular complexity index is 1040. The number of carbonyl (C=O) groups is 2. The highest BCUT2D eigenvalue weighted by molar-refractivity contribution is 5.77. The molecule has 0 aliphatic heterocycles. The largest absolute Gasteiger partial charge is 0.462 e. The van der Waals surface area contributed by atoms with E-state index in [0.29, 0.717) is 19.3 Å². The molecule has 0 aliphatic rings. The molecular formula is C57H107NO5. The monoisotopic (exact) mass is 886 g/mol. The quantitative estimate of drug-likeness (QED) is 0.0321. The van der Waals surface area contributed by atoms with Crippen LogP contribution in [0.1, 0.15) is 290 Å². The zero-order valence-corrected chi connectivity index (χ0v) is 42.2. The maximum atomic E-state index is 13.2. The highest BCUT2D eigenvalue weighted by Crippen LogP contribution is 2.18. The first kappa shape index (κ1) is 61.1. The average Bonchev–Trinajstić information content (AvgIpc) is 3.28. The zero-order chi connectivity index (χ0) is 45.9. The molecular weight excluding hydrogens is 779 g/mol. The Morgan fingerprint density at radius 2 is 0.810 bits per heavy atom. The number of aliphatic hydroxyl groups excluding tert-OH is 2. The van der Waals surface area contributed by atoms with Crippen molar-refractivity contribution in [3.05, 3.63) is 36.5 Å². The summed E-state index contributed by atoms with van der Waals surface area (Å²) in [6.07, 6.45) is 60.6. The number of aliphatic hydroxyl groups is 2. The van der Waals surface area contributed by atoms with Gasteiger partial charge < -0.3 is 20.3 Å². The maximum Gasteiger partial charge on any atom is 0.306 e. The Morgan fingerprint density at radius 3 is 1.25 bits per heavy atom. The van der Waals surface area contributed by atoms with Crippen molar-refractivity contribution in [1.82, 2.24) is 5.32 Å². The molecule has 0 rings (SSSR count). The van der Waals surface area contributed by atoms with Crippen LogP contribution in [-0.2, 0) is 14.3 Å². The van der Waals surface area contributed by atoms with Crippen molar-refractivity contribution in [2.75, 3.05) is 6.61 Å². The standard InChI is InChI=1S/C57H107NO5/c1-4-7-10-13-16-19-22-25-26-27-28-29-30-32-35-38-41-44-47-50-57(62)63-53(48-45-42-39-36-33-31-23-20-17-14-11-8-5-2)51-56(61)58-54(52-59)55(60)49-46-43-40-37-34-24-21-18-15-12-9-6-3/h16,19,25-26,28-29,53-55,59-60H,4-15,17-18,20-24,27,30-52H2,1-3H3,(H,58,61)/b19-16-,26-25-,29-28-. The molecule has 3 atom stereocenters. The summed E-state index contributed by atoms with van der Waals surface area (Å²) in [7, 11) is 0. The second-order valence-electron chi connectivity index (χ2n) is 19.0. The van der Waals surface area contributed by atoms with Crippen LogP contribution in [-0.4, -0.2) is 46.9 Å². The van der Waals surface area contributed by atoms with Crippen LogP contribution in [0.2, 0.25) is 0 Å². The Morgan fingerprint density at radius 1 is 0.460 bits per heavy atom. The number of esters is 1. The van der Waals surface area contributed by atoms with E-state index in [9.17, 15) is 19.8 Å². The first-order valence-electron chi connectivity index (χ1n) is 27.7. The molecule has 0 saturated carbocycles. The highest BCUT2D eigenvalue weighted by Gasteiger charge is 2.24. The Labute approximate surface area is 392 Å². The SMILES string of the molecule is CCCCC/C=C\C/C=C\C/C=C\CCCCCCCCC(=O)OC(CCCCCCCCCCCCCCC)CC(=O)NC(CO)C(O)CCCCCCCCCCCCCC. The fourth-order valence-electron chi connectivity index (χ4n) is 8.50. The number of amides is 1. The van der Waals surface area contributed by atoms with Gasteiger partial charge in [0.25, 0.3) is 0 Å². The lowest BCUT2D eigenvalue weighted by Crippen LogP contribution is -2.46. The molecule has 0 aromatic rings. The van der Waals surface area contributed by atoms with Gasteiger partial charge in [0.15, 0.2) is 0 Å². The number of allylic oxidation sites excluding steroid dienone is 6. The number of ether oxygens (including phenoxy) is 1. The van der Waals surface area contributed by atoms with Crippen molar-refractivity contribution < 1.29 is 24.5 Å². The predicted molar refractivity (Wildman–Crippen MR) is 273 cm³/mol. The van der Waals surface area contributed by atoms with Gasteiger partial charge in [0.1, 0.15) is 6.10 Å². The number of rotatable bonds is 50. The predicted octanol–water partition coefficient (Wildman–Crippen LogP) is 16.8. The summed E-state index contributed by atoms with van der Waals surface area (Å²) in [4.78, 5) is 26.2. The summed E-state index contributed by atoms with van der Waals surface area (Å²) < 4.78 is 5.95. The van der Waals surface area contributed by atoms with Crippen molar-refractivity contribution in [3.63, 3.8) is 0 Å². The molecule has 0 aliphatic carbocycles. The average molecular weight is 886 g/mol. The molecule has 1 amide bonds. The number of hydrogen-bond acceptors (Lipinski definition) is 5. The molecule has 0 spiro atoms. The number of unbranched alkanes of at least 4 members (excludes halogenated alkanes) is 32. The molecule has 63 heavy (non-hydrogen) atoms. The van der Waals surface area contributed by atoms with Gasteiger partial charge in [-0.25, -0.2) is 0 Å². The van der Waals surface area contributed by atoms with Crippen LogP contribution in [0.15, 0.2) is 36.5 Å². The summed E-state index contributed by atoms with van der Waals surface area (Å²) in [6, 6.07) is -0.700. The molecule has 0 bridgehead atoms. The van der Waals surface area contributed by atoms with Crippen molar-refractivity contribution in [2.24, 2.45) is 0 Å². The van der Waals surface area contributed by atoms with Crippen molar-refractivity contribution in [3.8, 4) is 0 Å². The van der Waals surface area contributed by atoms with E-state index >= 15 is 0 Å². The second kappa shape index (κ2) is 51.1. The first-order valence-corrected chi connectivity index (χ1v) is 27.7.